The number of alkyl halides is 2. The van der Waals surface area contributed by atoms with E-state index in [1.54, 1.807) is 36.7 Å². The minimum atomic E-state index is -2.83. The predicted octanol–water partition coefficient (Wildman–Crippen LogP) is 2.68. The highest BCUT2D eigenvalue weighted by Crippen LogP contribution is 2.28. The molecule has 2 fully saturated rings. The van der Waals surface area contributed by atoms with E-state index in [-0.39, 0.29) is 11.9 Å². The fourth-order valence-corrected chi connectivity index (χ4v) is 4.98. The zero-order valence-electron chi connectivity index (χ0n) is 23.4. The van der Waals surface area contributed by atoms with E-state index in [1.165, 1.54) is 4.57 Å². The molecule has 2 saturated heterocycles. The van der Waals surface area contributed by atoms with Gasteiger partial charge in [-0.25, -0.2) is 23.7 Å². The molecule has 0 unspecified atom stereocenters. The van der Waals surface area contributed by atoms with Crippen LogP contribution in [0.2, 0.25) is 0 Å². The minimum absolute atomic E-state index is 0.0375. The molecular formula is C27H33F2N11O2. The second kappa shape index (κ2) is 12.8. The first-order chi connectivity index (χ1) is 20.5. The highest BCUT2D eigenvalue weighted by molar-refractivity contribution is 5.77. The maximum atomic E-state index is 14.1. The van der Waals surface area contributed by atoms with Crippen molar-refractivity contribution in [1.29, 1.82) is 0 Å². The molecule has 15 heteroatoms. The van der Waals surface area contributed by atoms with E-state index in [0.29, 0.717) is 54.9 Å². The maximum absolute atomic E-state index is 14.1. The Morgan fingerprint density at radius 3 is 2.33 bits per heavy atom. The molecule has 5 heterocycles. The molecule has 1 aromatic carbocycles. The van der Waals surface area contributed by atoms with Crippen LogP contribution in [-0.4, -0.2) is 112 Å². The van der Waals surface area contributed by atoms with Crippen molar-refractivity contribution in [1.82, 2.24) is 39.4 Å². The van der Waals surface area contributed by atoms with Crippen molar-refractivity contribution in [2.45, 2.75) is 12.8 Å². The van der Waals surface area contributed by atoms with E-state index in [4.69, 9.17) is 9.47 Å². The number of morpholine rings is 2. The van der Waals surface area contributed by atoms with Crippen molar-refractivity contribution < 1.29 is 18.3 Å². The number of anilines is 4. The largest absolute Gasteiger partial charge is 0.379 e. The maximum Gasteiger partial charge on any atom is 0.296 e. The summed E-state index contributed by atoms with van der Waals surface area (Å²) in [6.45, 7) is 7.46. The van der Waals surface area contributed by atoms with Crippen molar-refractivity contribution >= 4 is 34.6 Å². The van der Waals surface area contributed by atoms with Crippen LogP contribution >= 0.6 is 0 Å². The second-order valence-electron chi connectivity index (χ2n) is 10.1. The van der Waals surface area contributed by atoms with E-state index in [1.807, 2.05) is 16.8 Å². The molecule has 0 bridgehead atoms. The van der Waals surface area contributed by atoms with E-state index in [0.717, 1.165) is 45.8 Å². The molecule has 4 aromatic rings. The van der Waals surface area contributed by atoms with Crippen LogP contribution in [0.3, 0.4) is 0 Å². The highest BCUT2D eigenvalue weighted by Gasteiger charge is 2.24. The summed E-state index contributed by atoms with van der Waals surface area (Å²) >= 11 is 0. The average Bonchev–Trinajstić information content (AvgIpc) is 3.42. The van der Waals surface area contributed by atoms with E-state index in [9.17, 15) is 8.78 Å². The van der Waals surface area contributed by atoms with Crippen molar-refractivity contribution in [3.8, 4) is 5.95 Å². The van der Waals surface area contributed by atoms with Gasteiger partial charge in [0.15, 0.2) is 5.82 Å². The molecule has 2 aliphatic rings. The minimum Gasteiger partial charge on any atom is -0.379 e. The third-order valence-electron chi connectivity index (χ3n) is 7.19. The van der Waals surface area contributed by atoms with Gasteiger partial charge >= 0.3 is 0 Å². The van der Waals surface area contributed by atoms with Gasteiger partial charge in [0, 0.05) is 46.3 Å². The predicted molar refractivity (Wildman–Crippen MR) is 153 cm³/mol. The number of benzene rings is 1. The van der Waals surface area contributed by atoms with Crippen molar-refractivity contribution in [2.75, 3.05) is 87.9 Å². The van der Waals surface area contributed by atoms with Crippen LogP contribution in [0.5, 0.6) is 0 Å². The zero-order valence-corrected chi connectivity index (χ0v) is 23.4. The molecule has 0 radical (unpaired) electrons. The molecule has 13 nitrogen and oxygen atoms in total. The standard InChI is InChI=1S/C27H33F2N11O2/c1-37(7-4-8-38-9-13-41-14-10-38)25-30-17-19(18-31-25)32-24-34-26(39-11-15-42-16-12-39)36-27(35-24)40-21-6-3-2-5-20(21)33-23(40)22(28)29/h2-3,5-6,17-18,22H,4,7-16H2,1H3,(H,32,34,35,36). The Kier molecular flexibility index (Phi) is 8.58. The molecule has 0 saturated carbocycles. The van der Waals surface area contributed by atoms with Gasteiger partial charge in [-0.05, 0) is 18.6 Å². The third kappa shape index (κ3) is 6.37. The summed E-state index contributed by atoms with van der Waals surface area (Å²) < 4.78 is 40.4. The van der Waals surface area contributed by atoms with Crippen LogP contribution in [0.25, 0.3) is 17.0 Å². The molecule has 2 aliphatic heterocycles. The lowest BCUT2D eigenvalue weighted by Crippen LogP contribution is -2.38. The molecule has 42 heavy (non-hydrogen) atoms. The van der Waals surface area contributed by atoms with Crippen molar-refractivity contribution in [3.05, 3.63) is 42.5 Å². The van der Waals surface area contributed by atoms with Crippen molar-refractivity contribution in [3.63, 3.8) is 0 Å². The van der Waals surface area contributed by atoms with Gasteiger partial charge in [-0.2, -0.15) is 15.0 Å². The molecule has 1 N–H and O–H groups in total. The normalized spacial score (nSPS) is 16.3. The summed E-state index contributed by atoms with van der Waals surface area (Å²) in [5, 5.41) is 3.13. The number of hydrogen-bond acceptors (Lipinski definition) is 12. The van der Waals surface area contributed by atoms with Crippen LogP contribution in [0.15, 0.2) is 36.7 Å². The Balaban J connectivity index is 1.23. The highest BCUT2D eigenvalue weighted by atomic mass is 19.3. The zero-order chi connectivity index (χ0) is 28.9. The van der Waals surface area contributed by atoms with Crippen molar-refractivity contribution in [2.24, 2.45) is 0 Å². The molecule has 0 aliphatic carbocycles. The Morgan fingerprint density at radius 2 is 1.60 bits per heavy atom. The van der Waals surface area contributed by atoms with E-state index in [2.05, 4.69) is 40.1 Å². The smallest absolute Gasteiger partial charge is 0.296 e. The first-order valence-corrected chi connectivity index (χ1v) is 14.0. The molecule has 222 valence electrons. The molecule has 0 atom stereocenters. The lowest BCUT2D eigenvalue weighted by molar-refractivity contribution is 0.0377. The molecule has 0 amide bonds. The molecular weight excluding hydrogens is 548 g/mol. The number of para-hydroxylation sites is 2. The van der Waals surface area contributed by atoms with Gasteiger partial charge in [0.25, 0.3) is 6.43 Å². The number of fused-ring (bicyclic) bond motifs is 1. The van der Waals surface area contributed by atoms with Crippen LogP contribution in [0, 0.1) is 0 Å². The molecule has 3 aromatic heterocycles. The summed E-state index contributed by atoms with van der Waals surface area (Å²) in [4.78, 5) is 33.2. The number of ether oxygens (including phenoxy) is 2. The number of hydrogen-bond donors (Lipinski definition) is 1. The summed E-state index contributed by atoms with van der Waals surface area (Å²) in [5.41, 5.74) is 1.45. The van der Waals surface area contributed by atoms with Gasteiger partial charge < -0.3 is 24.6 Å². The Labute approximate surface area is 241 Å². The van der Waals surface area contributed by atoms with Gasteiger partial charge in [-0.3, -0.25) is 9.47 Å². The second-order valence-corrected chi connectivity index (χ2v) is 10.1. The third-order valence-corrected chi connectivity index (χ3v) is 7.19. The van der Waals surface area contributed by atoms with E-state index < -0.39 is 12.2 Å². The summed E-state index contributed by atoms with van der Waals surface area (Å²) in [5.74, 6) is 0.719. The average molecular weight is 582 g/mol. The van der Waals surface area contributed by atoms with Gasteiger partial charge in [-0.1, -0.05) is 12.1 Å². The van der Waals surface area contributed by atoms with Gasteiger partial charge in [0.05, 0.1) is 55.5 Å². The number of nitrogens with zero attached hydrogens (tertiary/aromatic N) is 10. The number of imidazole rings is 1. The first kappa shape index (κ1) is 28.1. The lowest BCUT2D eigenvalue weighted by atomic mass is 10.3. The van der Waals surface area contributed by atoms with Gasteiger partial charge in [0.1, 0.15) is 0 Å². The van der Waals surface area contributed by atoms with E-state index >= 15 is 0 Å². The van der Waals surface area contributed by atoms with Gasteiger partial charge in [-0.15, -0.1) is 0 Å². The summed E-state index contributed by atoms with van der Waals surface area (Å²) in [6.07, 6.45) is 1.46. The summed E-state index contributed by atoms with van der Waals surface area (Å²) in [6, 6.07) is 6.90. The Hall–Kier alpha value is -4.08. The first-order valence-electron chi connectivity index (χ1n) is 14.0. The number of halogens is 2. The molecule has 0 spiro atoms. The van der Waals surface area contributed by atoms with Gasteiger partial charge in [0.2, 0.25) is 23.8 Å². The quantitative estimate of drug-likeness (QED) is 0.296. The SMILES string of the molecule is CN(CCCN1CCOCC1)c1ncc(Nc2nc(N3CCOCC3)nc(-n3c(C(F)F)nc4ccccc43)n2)cn1. The topological polar surface area (TPSA) is 122 Å². The van der Waals surface area contributed by atoms with Crippen LogP contribution in [0.1, 0.15) is 18.7 Å². The summed E-state index contributed by atoms with van der Waals surface area (Å²) in [7, 11) is 1.96. The number of nitrogens with one attached hydrogen (secondary N) is 1. The fourth-order valence-electron chi connectivity index (χ4n) is 4.98. The van der Waals surface area contributed by atoms with Crippen LogP contribution < -0.4 is 15.1 Å². The number of rotatable bonds is 10. The van der Waals surface area contributed by atoms with Crippen LogP contribution in [0.4, 0.5) is 32.3 Å². The fraction of sp³-hybridized carbons (Fsp3) is 0.481. The molecule has 6 rings (SSSR count). The lowest BCUT2D eigenvalue weighted by Gasteiger charge is -2.27. The Bertz CT molecular complexity index is 1470. The number of aromatic nitrogens is 7. The van der Waals surface area contributed by atoms with Crippen LogP contribution in [-0.2, 0) is 9.47 Å². The monoisotopic (exact) mass is 581 g/mol. The Morgan fingerprint density at radius 1 is 0.905 bits per heavy atom.